The van der Waals surface area contributed by atoms with Crippen LogP contribution in [-0.2, 0) is 11.2 Å². The Labute approximate surface area is 180 Å². The highest BCUT2D eigenvalue weighted by atomic mass is 127. The minimum Gasteiger partial charge on any atom is -0.311 e. The number of anilines is 1. The van der Waals surface area contributed by atoms with Gasteiger partial charge in [-0.15, -0.1) is 0 Å². The summed E-state index contributed by atoms with van der Waals surface area (Å²) in [6, 6.07) is 24.0. The minimum atomic E-state index is 0.0817. The molecule has 140 valence electrons. The fourth-order valence-corrected chi connectivity index (χ4v) is 3.61. The van der Waals surface area contributed by atoms with Gasteiger partial charge in [0.15, 0.2) is 0 Å². The van der Waals surface area contributed by atoms with Crippen molar-refractivity contribution in [3.05, 3.63) is 98.6 Å². The number of amides is 1. The van der Waals surface area contributed by atoms with Crippen molar-refractivity contribution in [2.45, 2.75) is 20.3 Å². The van der Waals surface area contributed by atoms with Crippen molar-refractivity contribution in [3.63, 3.8) is 0 Å². The Morgan fingerprint density at radius 1 is 0.964 bits per heavy atom. The zero-order chi connectivity index (χ0) is 19.9. The van der Waals surface area contributed by atoms with Gasteiger partial charge in [0.25, 0.3) is 0 Å². The largest absolute Gasteiger partial charge is 0.311 e. The molecule has 0 aliphatic rings. The average Bonchev–Trinajstić information content (AvgIpc) is 2.71. The van der Waals surface area contributed by atoms with Crippen LogP contribution >= 0.6 is 22.6 Å². The average molecular weight is 479 g/mol. The lowest BCUT2D eigenvalue weighted by molar-refractivity contribution is -0.117. The predicted octanol–water partition coefficient (Wildman–Crippen LogP) is 5.60. The number of carbonyl (C=O) groups is 1. The maximum absolute atomic E-state index is 13.1. The first-order chi connectivity index (χ1) is 13.6. The molecular weight excluding hydrogens is 457 g/mol. The molecule has 0 bridgehead atoms. The minimum absolute atomic E-state index is 0.0817. The summed E-state index contributed by atoms with van der Waals surface area (Å²) in [6.45, 7) is 4.65. The van der Waals surface area contributed by atoms with Gasteiger partial charge in [0, 0.05) is 21.2 Å². The maximum Gasteiger partial charge on any atom is 0.231 e. The summed E-state index contributed by atoms with van der Waals surface area (Å²) in [6.07, 6.45) is 0.381. The third-order valence-electron chi connectivity index (χ3n) is 4.47. The first-order valence-electron chi connectivity index (χ1n) is 9.30. The van der Waals surface area contributed by atoms with E-state index in [-0.39, 0.29) is 5.91 Å². The lowest BCUT2D eigenvalue weighted by Gasteiger charge is -2.23. The number of rotatable bonds is 4. The first-order valence-corrected chi connectivity index (χ1v) is 10.4. The van der Waals surface area contributed by atoms with Gasteiger partial charge in [-0.1, -0.05) is 54.3 Å². The SMILES string of the molecule is CCN(C(=O)Cc1ccccc1I)c1ccc(C)cc1C#Cc1ccccc1. The van der Waals surface area contributed by atoms with Gasteiger partial charge < -0.3 is 4.90 Å². The molecule has 3 aromatic rings. The number of hydrogen-bond donors (Lipinski definition) is 0. The van der Waals surface area contributed by atoms with E-state index in [0.29, 0.717) is 13.0 Å². The molecule has 3 heteroatoms. The lowest BCUT2D eigenvalue weighted by Crippen LogP contribution is -2.32. The van der Waals surface area contributed by atoms with E-state index in [2.05, 4.69) is 34.4 Å². The van der Waals surface area contributed by atoms with E-state index < -0.39 is 0 Å². The van der Waals surface area contributed by atoms with Crippen molar-refractivity contribution in [1.82, 2.24) is 0 Å². The van der Waals surface area contributed by atoms with Gasteiger partial charge in [-0.3, -0.25) is 4.79 Å². The summed E-state index contributed by atoms with van der Waals surface area (Å²) in [4.78, 5) is 14.9. The summed E-state index contributed by atoms with van der Waals surface area (Å²) in [5, 5.41) is 0. The topological polar surface area (TPSA) is 20.3 Å². The zero-order valence-electron chi connectivity index (χ0n) is 16.1. The standard InChI is InChI=1S/C25H22INO/c1-3-27(25(28)18-21-11-7-8-12-23(21)26)24-16-13-19(2)17-22(24)15-14-20-9-5-4-6-10-20/h4-13,16-17H,3,18H2,1-2H3. The predicted molar refractivity (Wildman–Crippen MR) is 124 cm³/mol. The molecular formula is C25H22INO. The zero-order valence-corrected chi connectivity index (χ0v) is 18.2. The number of hydrogen-bond acceptors (Lipinski definition) is 1. The number of benzene rings is 3. The highest BCUT2D eigenvalue weighted by molar-refractivity contribution is 14.1. The first kappa shape index (κ1) is 20.2. The molecule has 0 fully saturated rings. The van der Waals surface area contributed by atoms with Crippen molar-refractivity contribution in [1.29, 1.82) is 0 Å². The van der Waals surface area contributed by atoms with Crippen LogP contribution in [0.3, 0.4) is 0 Å². The Hall–Kier alpha value is -2.58. The maximum atomic E-state index is 13.1. The summed E-state index contributed by atoms with van der Waals surface area (Å²) < 4.78 is 1.11. The second-order valence-corrected chi connectivity index (χ2v) is 7.71. The van der Waals surface area contributed by atoms with Crippen LogP contribution in [0.1, 0.15) is 29.2 Å². The van der Waals surface area contributed by atoms with Crippen LogP contribution in [0.4, 0.5) is 5.69 Å². The van der Waals surface area contributed by atoms with Gasteiger partial charge in [-0.05, 0) is 77.9 Å². The van der Waals surface area contributed by atoms with Gasteiger partial charge in [0.2, 0.25) is 5.91 Å². The van der Waals surface area contributed by atoms with E-state index in [1.54, 1.807) is 0 Å². The molecule has 0 N–H and O–H groups in total. The molecule has 1 amide bonds. The highest BCUT2D eigenvalue weighted by Crippen LogP contribution is 2.23. The Kier molecular flexibility index (Phi) is 6.89. The molecule has 0 saturated heterocycles. The van der Waals surface area contributed by atoms with Crippen molar-refractivity contribution < 1.29 is 4.79 Å². The molecule has 0 saturated carbocycles. The summed E-state index contributed by atoms with van der Waals surface area (Å²) in [5.41, 5.74) is 4.88. The molecule has 28 heavy (non-hydrogen) atoms. The number of aryl methyl sites for hydroxylation is 1. The van der Waals surface area contributed by atoms with Crippen LogP contribution in [-0.4, -0.2) is 12.5 Å². The van der Waals surface area contributed by atoms with Gasteiger partial charge in [-0.25, -0.2) is 0 Å². The second kappa shape index (κ2) is 9.57. The van der Waals surface area contributed by atoms with E-state index in [1.807, 2.05) is 91.5 Å². The van der Waals surface area contributed by atoms with Crippen LogP contribution in [0.5, 0.6) is 0 Å². The van der Waals surface area contributed by atoms with Crippen molar-refractivity contribution in [2.75, 3.05) is 11.4 Å². The van der Waals surface area contributed by atoms with Crippen molar-refractivity contribution in [3.8, 4) is 11.8 Å². The summed E-state index contributed by atoms with van der Waals surface area (Å²) in [7, 11) is 0. The molecule has 2 nitrogen and oxygen atoms in total. The van der Waals surface area contributed by atoms with Crippen molar-refractivity contribution >= 4 is 34.2 Å². The van der Waals surface area contributed by atoms with E-state index >= 15 is 0 Å². The van der Waals surface area contributed by atoms with Crippen LogP contribution < -0.4 is 4.90 Å². The third kappa shape index (κ3) is 5.02. The lowest BCUT2D eigenvalue weighted by atomic mass is 10.1. The fraction of sp³-hybridized carbons (Fsp3) is 0.160. The van der Waals surface area contributed by atoms with Gasteiger partial charge in [0.05, 0.1) is 12.1 Å². The molecule has 0 aliphatic heterocycles. The van der Waals surface area contributed by atoms with Gasteiger partial charge in [0.1, 0.15) is 0 Å². The smallest absolute Gasteiger partial charge is 0.231 e. The van der Waals surface area contributed by atoms with Crippen LogP contribution in [0, 0.1) is 22.3 Å². The second-order valence-electron chi connectivity index (χ2n) is 6.54. The van der Waals surface area contributed by atoms with Crippen LogP contribution in [0.25, 0.3) is 0 Å². The Balaban J connectivity index is 1.93. The van der Waals surface area contributed by atoms with Crippen LogP contribution in [0.2, 0.25) is 0 Å². The van der Waals surface area contributed by atoms with Crippen molar-refractivity contribution in [2.24, 2.45) is 0 Å². The molecule has 0 aromatic heterocycles. The summed E-state index contributed by atoms with van der Waals surface area (Å²) >= 11 is 2.28. The molecule has 0 spiro atoms. The Morgan fingerprint density at radius 3 is 2.39 bits per heavy atom. The molecule has 0 heterocycles. The van der Waals surface area contributed by atoms with Gasteiger partial charge in [-0.2, -0.15) is 0 Å². The molecule has 3 rings (SSSR count). The Bertz CT molecular complexity index is 1030. The molecule has 0 radical (unpaired) electrons. The Morgan fingerprint density at radius 2 is 1.68 bits per heavy atom. The van der Waals surface area contributed by atoms with E-state index in [9.17, 15) is 4.79 Å². The number of halogens is 1. The fourth-order valence-electron chi connectivity index (χ4n) is 3.03. The van der Waals surface area contributed by atoms with E-state index in [4.69, 9.17) is 0 Å². The summed E-state index contributed by atoms with van der Waals surface area (Å²) in [5.74, 6) is 6.57. The molecule has 0 unspecified atom stereocenters. The number of likely N-dealkylation sites (N-methyl/N-ethyl adjacent to an activating group) is 1. The monoisotopic (exact) mass is 479 g/mol. The molecule has 0 aliphatic carbocycles. The van der Waals surface area contributed by atoms with Crippen LogP contribution in [0.15, 0.2) is 72.8 Å². The van der Waals surface area contributed by atoms with Gasteiger partial charge >= 0.3 is 0 Å². The molecule has 0 atom stereocenters. The normalized spacial score (nSPS) is 10.1. The van der Waals surface area contributed by atoms with E-state index in [1.165, 1.54) is 0 Å². The molecule has 3 aromatic carbocycles. The third-order valence-corrected chi connectivity index (χ3v) is 5.53. The highest BCUT2D eigenvalue weighted by Gasteiger charge is 2.18. The quantitative estimate of drug-likeness (QED) is 0.353. The van der Waals surface area contributed by atoms with E-state index in [0.717, 1.165) is 31.5 Å². The number of carbonyl (C=O) groups excluding carboxylic acids is 1. The number of nitrogens with zero attached hydrogens (tertiary/aromatic N) is 1.